The maximum absolute atomic E-state index is 13.6. The van der Waals surface area contributed by atoms with Crippen LogP contribution < -0.4 is 10.6 Å². The zero-order valence-corrected chi connectivity index (χ0v) is 12.2. The van der Waals surface area contributed by atoms with Gasteiger partial charge in [-0.1, -0.05) is 12.1 Å². The molecule has 7 heteroatoms. The number of carbonyl (C=O) groups is 2. The highest BCUT2D eigenvalue weighted by atomic mass is 19.1. The van der Waals surface area contributed by atoms with Gasteiger partial charge in [0.05, 0.1) is 0 Å². The largest absolute Gasteiger partial charge is 0.507 e. The molecule has 120 valence electrons. The highest BCUT2D eigenvalue weighted by Gasteiger charge is 2.18. The fraction of sp³-hybridized carbons (Fsp3) is 0.125. The van der Waals surface area contributed by atoms with E-state index in [-0.39, 0.29) is 12.5 Å². The van der Waals surface area contributed by atoms with Gasteiger partial charge in [-0.2, -0.15) is 0 Å². The molecule has 0 aromatic heterocycles. The molecule has 23 heavy (non-hydrogen) atoms. The van der Waals surface area contributed by atoms with Gasteiger partial charge in [-0.3, -0.25) is 9.59 Å². The lowest BCUT2D eigenvalue weighted by Gasteiger charge is -2.09. The second-order valence-corrected chi connectivity index (χ2v) is 4.85. The van der Waals surface area contributed by atoms with Gasteiger partial charge in [-0.15, -0.1) is 0 Å². The first-order chi connectivity index (χ1) is 10.9. The van der Waals surface area contributed by atoms with Crippen molar-refractivity contribution in [2.45, 2.75) is 13.5 Å². The molecule has 0 aliphatic carbocycles. The SMILES string of the molecule is CC(=O)Nc1cccc(CNC(=O)c2c(O)cc(F)cc2F)c1. The summed E-state index contributed by atoms with van der Waals surface area (Å²) in [6.07, 6.45) is 0. The number of carbonyl (C=O) groups excluding carboxylic acids is 2. The molecule has 0 heterocycles. The van der Waals surface area contributed by atoms with Crippen LogP contribution in [0.25, 0.3) is 0 Å². The van der Waals surface area contributed by atoms with Crippen molar-refractivity contribution in [3.8, 4) is 5.75 Å². The third-order valence-corrected chi connectivity index (χ3v) is 2.96. The molecular formula is C16H14F2N2O3. The first-order valence-electron chi connectivity index (χ1n) is 6.69. The second-order valence-electron chi connectivity index (χ2n) is 4.85. The van der Waals surface area contributed by atoms with E-state index in [1.807, 2.05) is 0 Å². The van der Waals surface area contributed by atoms with Crippen molar-refractivity contribution in [1.82, 2.24) is 5.32 Å². The van der Waals surface area contributed by atoms with Gasteiger partial charge in [0, 0.05) is 31.3 Å². The van der Waals surface area contributed by atoms with Crippen LogP contribution in [0.15, 0.2) is 36.4 Å². The smallest absolute Gasteiger partial charge is 0.258 e. The van der Waals surface area contributed by atoms with Gasteiger partial charge in [-0.25, -0.2) is 8.78 Å². The van der Waals surface area contributed by atoms with Crippen molar-refractivity contribution in [1.29, 1.82) is 0 Å². The Morgan fingerprint density at radius 3 is 2.57 bits per heavy atom. The van der Waals surface area contributed by atoms with Crippen molar-refractivity contribution < 1.29 is 23.5 Å². The number of aromatic hydroxyl groups is 1. The minimum atomic E-state index is -1.15. The Kier molecular flexibility index (Phi) is 4.90. The van der Waals surface area contributed by atoms with Gasteiger partial charge in [0.15, 0.2) is 0 Å². The highest BCUT2D eigenvalue weighted by Crippen LogP contribution is 2.22. The fourth-order valence-electron chi connectivity index (χ4n) is 2.02. The van der Waals surface area contributed by atoms with E-state index in [2.05, 4.69) is 10.6 Å². The number of hydrogen-bond donors (Lipinski definition) is 3. The van der Waals surface area contributed by atoms with Crippen LogP contribution in [0, 0.1) is 11.6 Å². The number of halogens is 2. The summed E-state index contributed by atoms with van der Waals surface area (Å²) in [5.41, 5.74) is 0.594. The van der Waals surface area contributed by atoms with Crippen LogP contribution in [0.4, 0.5) is 14.5 Å². The summed E-state index contributed by atoms with van der Waals surface area (Å²) in [6, 6.07) is 7.89. The minimum Gasteiger partial charge on any atom is -0.507 e. The molecule has 3 N–H and O–H groups in total. The van der Waals surface area contributed by atoms with Crippen molar-refractivity contribution in [3.05, 3.63) is 59.2 Å². The van der Waals surface area contributed by atoms with E-state index in [9.17, 15) is 23.5 Å². The average Bonchev–Trinajstić information content (AvgIpc) is 2.43. The zero-order valence-electron chi connectivity index (χ0n) is 12.2. The van der Waals surface area contributed by atoms with E-state index >= 15 is 0 Å². The van der Waals surface area contributed by atoms with Crippen LogP contribution in [-0.4, -0.2) is 16.9 Å². The first kappa shape index (κ1) is 16.4. The molecule has 0 aliphatic rings. The predicted octanol–water partition coefficient (Wildman–Crippen LogP) is 2.56. The zero-order chi connectivity index (χ0) is 17.0. The van der Waals surface area contributed by atoms with Crippen LogP contribution in [0.3, 0.4) is 0 Å². The Hall–Kier alpha value is -2.96. The van der Waals surface area contributed by atoms with Gasteiger partial charge < -0.3 is 15.7 Å². The number of hydrogen-bond acceptors (Lipinski definition) is 3. The van der Waals surface area contributed by atoms with E-state index in [0.717, 1.165) is 0 Å². The number of benzene rings is 2. The van der Waals surface area contributed by atoms with Crippen molar-refractivity contribution in [2.75, 3.05) is 5.32 Å². The Morgan fingerprint density at radius 1 is 1.17 bits per heavy atom. The van der Waals surface area contributed by atoms with Gasteiger partial charge in [-0.05, 0) is 17.7 Å². The normalized spacial score (nSPS) is 10.2. The molecule has 2 aromatic rings. The molecule has 0 atom stereocenters. The molecule has 0 spiro atoms. The Balaban J connectivity index is 2.09. The molecule has 0 fully saturated rings. The van der Waals surface area contributed by atoms with Gasteiger partial charge in [0.25, 0.3) is 5.91 Å². The number of amides is 2. The summed E-state index contributed by atoms with van der Waals surface area (Å²) in [7, 11) is 0. The number of anilines is 1. The number of phenols is 1. The molecule has 0 bridgehead atoms. The third-order valence-electron chi connectivity index (χ3n) is 2.96. The van der Waals surface area contributed by atoms with Crippen LogP contribution in [0.5, 0.6) is 5.75 Å². The van der Waals surface area contributed by atoms with Crippen LogP contribution in [-0.2, 0) is 11.3 Å². The lowest BCUT2D eigenvalue weighted by Crippen LogP contribution is -2.24. The molecule has 2 rings (SSSR count). The summed E-state index contributed by atoms with van der Waals surface area (Å²) in [5, 5.41) is 14.5. The van der Waals surface area contributed by atoms with E-state index in [4.69, 9.17) is 0 Å². The minimum absolute atomic E-state index is 0.0442. The Bertz CT molecular complexity index is 740. The van der Waals surface area contributed by atoms with E-state index in [0.29, 0.717) is 23.4 Å². The predicted molar refractivity (Wildman–Crippen MR) is 79.9 cm³/mol. The number of phenolic OH excluding ortho intramolecular Hbond substituents is 1. The standard InChI is InChI=1S/C16H14F2N2O3/c1-9(21)20-12-4-2-3-10(5-12)8-19-16(23)15-13(18)6-11(17)7-14(15)22/h2-7,22H,8H2,1H3,(H,19,23)(H,20,21). The van der Waals surface area contributed by atoms with Crippen LogP contribution >= 0.6 is 0 Å². The summed E-state index contributed by atoms with van der Waals surface area (Å²) >= 11 is 0. The van der Waals surface area contributed by atoms with Crippen molar-refractivity contribution >= 4 is 17.5 Å². The van der Waals surface area contributed by atoms with E-state index < -0.39 is 28.9 Å². The molecule has 0 unspecified atom stereocenters. The maximum Gasteiger partial charge on any atom is 0.258 e. The first-order valence-corrected chi connectivity index (χ1v) is 6.69. The maximum atomic E-state index is 13.6. The Morgan fingerprint density at radius 2 is 1.91 bits per heavy atom. The van der Waals surface area contributed by atoms with Gasteiger partial charge >= 0.3 is 0 Å². The molecule has 5 nitrogen and oxygen atoms in total. The van der Waals surface area contributed by atoms with E-state index in [1.165, 1.54) is 6.92 Å². The van der Waals surface area contributed by atoms with Crippen molar-refractivity contribution in [2.24, 2.45) is 0 Å². The lowest BCUT2D eigenvalue weighted by molar-refractivity contribution is -0.114. The summed E-state index contributed by atoms with van der Waals surface area (Å²) in [4.78, 5) is 22.9. The third kappa shape index (κ3) is 4.26. The van der Waals surface area contributed by atoms with Gasteiger partial charge in [0.2, 0.25) is 5.91 Å². The average molecular weight is 320 g/mol. The Labute approximate surface area is 130 Å². The van der Waals surface area contributed by atoms with Crippen LogP contribution in [0.1, 0.15) is 22.8 Å². The van der Waals surface area contributed by atoms with Crippen molar-refractivity contribution in [3.63, 3.8) is 0 Å². The molecular weight excluding hydrogens is 306 g/mol. The highest BCUT2D eigenvalue weighted by molar-refractivity contribution is 5.97. The number of rotatable bonds is 4. The summed E-state index contributed by atoms with van der Waals surface area (Å²) in [6.45, 7) is 1.41. The molecule has 2 aromatic carbocycles. The van der Waals surface area contributed by atoms with Gasteiger partial charge in [0.1, 0.15) is 22.9 Å². The topological polar surface area (TPSA) is 78.4 Å². The molecule has 2 amide bonds. The molecule has 0 saturated carbocycles. The van der Waals surface area contributed by atoms with E-state index in [1.54, 1.807) is 24.3 Å². The molecule has 0 aliphatic heterocycles. The quantitative estimate of drug-likeness (QED) is 0.810. The molecule has 0 radical (unpaired) electrons. The van der Waals surface area contributed by atoms with Crippen LogP contribution in [0.2, 0.25) is 0 Å². The summed E-state index contributed by atoms with van der Waals surface area (Å²) in [5.74, 6) is -3.99. The summed E-state index contributed by atoms with van der Waals surface area (Å²) < 4.78 is 26.5. The monoisotopic (exact) mass is 320 g/mol. The lowest BCUT2D eigenvalue weighted by atomic mass is 10.1. The second kappa shape index (κ2) is 6.87. The molecule has 0 saturated heterocycles. The number of nitrogens with one attached hydrogen (secondary N) is 2. The fourth-order valence-corrected chi connectivity index (χ4v) is 2.02.